The van der Waals surface area contributed by atoms with E-state index in [-0.39, 0.29) is 16.7 Å². The van der Waals surface area contributed by atoms with Gasteiger partial charge in [-0.05, 0) is 46.1 Å². The zero-order valence-electron chi connectivity index (χ0n) is 16.8. The molecule has 29 heavy (non-hydrogen) atoms. The van der Waals surface area contributed by atoms with Crippen LogP contribution in [0.5, 0.6) is 11.5 Å². The molecule has 0 saturated heterocycles. The Hall–Kier alpha value is -0.980. The van der Waals surface area contributed by atoms with E-state index < -0.39 is 0 Å². The van der Waals surface area contributed by atoms with Crippen molar-refractivity contribution in [3.8, 4) is 11.5 Å². The smallest absolute Gasteiger partial charge is 0.156 e. The first kappa shape index (κ1) is 26.1. The number of ether oxygens (including phenoxy) is 3. The fourth-order valence-electron chi connectivity index (χ4n) is 1.95. The van der Waals surface area contributed by atoms with E-state index in [1.54, 1.807) is 24.6 Å². The van der Waals surface area contributed by atoms with Crippen molar-refractivity contribution in [2.45, 2.75) is 45.6 Å². The molecule has 0 saturated carbocycles. The second kappa shape index (κ2) is 14.1. The standard InChI is InChI=1S/C20H27Cl4NO4/c1-20(2,3)29-25-8-12-26-9-5-4-6-10-28-19-16(21)13-15(14-17(19)22)27-11-7-18(23)24/h7-8,12-14,25H,4-6,9-11H2,1-3H3. The highest BCUT2D eigenvalue weighted by Crippen LogP contribution is 2.37. The Bertz CT molecular complexity index is 648. The van der Waals surface area contributed by atoms with Gasteiger partial charge in [-0.25, -0.2) is 0 Å². The van der Waals surface area contributed by atoms with Crippen LogP contribution >= 0.6 is 46.4 Å². The van der Waals surface area contributed by atoms with E-state index in [9.17, 15) is 0 Å². The molecule has 0 atom stereocenters. The largest absolute Gasteiger partial charge is 0.500 e. The van der Waals surface area contributed by atoms with Crippen LogP contribution < -0.4 is 15.0 Å². The zero-order valence-corrected chi connectivity index (χ0v) is 19.8. The van der Waals surface area contributed by atoms with Gasteiger partial charge in [0.15, 0.2) is 5.75 Å². The van der Waals surface area contributed by atoms with Gasteiger partial charge in [-0.1, -0.05) is 46.4 Å². The molecule has 5 nitrogen and oxygen atoms in total. The molecule has 0 heterocycles. The SMILES string of the molecule is CC(C)(C)ONC=COCCCCCOc1c(Cl)cc(OCC=C(Cl)Cl)cc1Cl. The lowest BCUT2D eigenvalue weighted by Gasteiger charge is -2.17. The van der Waals surface area contributed by atoms with E-state index in [4.69, 9.17) is 65.5 Å². The summed E-state index contributed by atoms with van der Waals surface area (Å²) in [5, 5.41) is 0.763. The average molecular weight is 487 g/mol. The Balaban J connectivity index is 2.21. The molecule has 1 aromatic carbocycles. The third kappa shape index (κ3) is 13.0. The van der Waals surface area contributed by atoms with Crippen LogP contribution in [0.3, 0.4) is 0 Å². The number of hydroxylamine groups is 1. The predicted octanol–water partition coefficient (Wildman–Crippen LogP) is 7.05. The molecule has 0 aliphatic carbocycles. The molecule has 0 aliphatic rings. The molecule has 0 unspecified atom stereocenters. The van der Waals surface area contributed by atoms with Gasteiger partial charge in [0, 0.05) is 12.1 Å². The fraction of sp³-hybridized carbons (Fsp3) is 0.500. The first-order valence-corrected chi connectivity index (χ1v) is 10.7. The van der Waals surface area contributed by atoms with Crippen molar-refractivity contribution in [1.29, 1.82) is 0 Å². The molecule has 0 amide bonds. The van der Waals surface area contributed by atoms with E-state index in [2.05, 4.69) is 5.48 Å². The molecule has 164 valence electrons. The number of halogens is 4. The van der Waals surface area contributed by atoms with Gasteiger partial charge in [0.2, 0.25) is 0 Å². The van der Waals surface area contributed by atoms with E-state index in [0.717, 1.165) is 19.3 Å². The minimum Gasteiger partial charge on any atom is -0.500 e. The van der Waals surface area contributed by atoms with Gasteiger partial charge in [-0.2, -0.15) is 0 Å². The lowest BCUT2D eigenvalue weighted by Crippen LogP contribution is -2.25. The highest BCUT2D eigenvalue weighted by molar-refractivity contribution is 6.55. The number of hydrogen-bond donors (Lipinski definition) is 1. The van der Waals surface area contributed by atoms with Crippen molar-refractivity contribution in [2.75, 3.05) is 19.8 Å². The van der Waals surface area contributed by atoms with Crippen molar-refractivity contribution in [2.24, 2.45) is 0 Å². The maximum atomic E-state index is 6.23. The van der Waals surface area contributed by atoms with Crippen LogP contribution in [0.25, 0.3) is 0 Å². The molecule has 0 aromatic heterocycles. The first-order valence-electron chi connectivity index (χ1n) is 9.15. The van der Waals surface area contributed by atoms with Crippen molar-refractivity contribution in [3.63, 3.8) is 0 Å². The lowest BCUT2D eigenvalue weighted by molar-refractivity contribution is -0.0531. The number of nitrogens with one attached hydrogen (secondary N) is 1. The van der Waals surface area contributed by atoms with Crippen LogP contribution in [-0.2, 0) is 9.57 Å². The third-order valence-electron chi connectivity index (χ3n) is 3.21. The third-order valence-corrected chi connectivity index (χ3v) is 4.08. The number of unbranched alkanes of at least 4 members (excludes halogenated alkanes) is 2. The van der Waals surface area contributed by atoms with Gasteiger partial charge in [0.05, 0.1) is 35.1 Å². The van der Waals surface area contributed by atoms with Crippen molar-refractivity contribution < 1.29 is 19.0 Å². The average Bonchev–Trinajstić information content (AvgIpc) is 2.60. The van der Waals surface area contributed by atoms with E-state index >= 15 is 0 Å². The Morgan fingerprint density at radius 1 is 1.00 bits per heavy atom. The summed E-state index contributed by atoms with van der Waals surface area (Å²) in [6.45, 7) is 7.19. The van der Waals surface area contributed by atoms with E-state index in [1.165, 1.54) is 6.08 Å². The molecular formula is C20H27Cl4NO4. The summed E-state index contributed by atoms with van der Waals surface area (Å²) in [5.74, 6) is 0.946. The Kier molecular flexibility index (Phi) is 12.7. The van der Waals surface area contributed by atoms with Gasteiger partial charge in [-0.15, -0.1) is 0 Å². The normalized spacial score (nSPS) is 11.4. The molecule has 0 spiro atoms. The van der Waals surface area contributed by atoms with Gasteiger partial charge in [-0.3, -0.25) is 10.3 Å². The van der Waals surface area contributed by atoms with Crippen molar-refractivity contribution >= 4 is 46.4 Å². The summed E-state index contributed by atoms with van der Waals surface area (Å²) in [6.07, 6.45) is 7.41. The molecular weight excluding hydrogens is 460 g/mol. The van der Waals surface area contributed by atoms with Crippen molar-refractivity contribution in [3.05, 3.63) is 45.2 Å². The first-order chi connectivity index (χ1) is 13.7. The predicted molar refractivity (Wildman–Crippen MR) is 120 cm³/mol. The molecule has 1 rings (SSSR count). The second-order valence-electron chi connectivity index (χ2n) is 6.94. The summed E-state index contributed by atoms with van der Waals surface area (Å²) in [4.78, 5) is 5.31. The molecule has 9 heteroatoms. The molecule has 1 aromatic rings. The molecule has 0 radical (unpaired) electrons. The fourth-order valence-corrected chi connectivity index (χ4v) is 2.65. The molecule has 0 aliphatic heterocycles. The lowest BCUT2D eigenvalue weighted by atomic mass is 10.2. The second-order valence-corrected chi connectivity index (χ2v) is 8.76. The van der Waals surface area contributed by atoms with Crippen LogP contribution in [-0.4, -0.2) is 25.4 Å². The monoisotopic (exact) mass is 485 g/mol. The maximum Gasteiger partial charge on any atom is 0.156 e. The number of rotatable bonds is 13. The summed E-state index contributed by atoms with van der Waals surface area (Å²) < 4.78 is 16.7. The minimum absolute atomic E-state index is 0.134. The van der Waals surface area contributed by atoms with Gasteiger partial charge in [0.25, 0.3) is 0 Å². The quantitative estimate of drug-likeness (QED) is 0.184. The summed E-state index contributed by atoms with van der Waals surface area (Å²) in [7, 11) is 0. The van der Waals surface area contributed by atoms with Gasteiger partial charge < -0.3 is 14.2 Å². The van der Waals surface area contributed by atoms with E-state index in [0.29, 0.717) is 34.8 Å². The van der Waals surface area contributed by atoms with Crippen molar-refractivity contribution in [1.82, 2.24) is 5.48 Å². The number of benzene rings is 1. The summed E-state index contributed by atoms with van der Waals surface area (Å²) in [5.41, 5.74) is 2.46. The Morgan fingerprint density at radius 2 is 1.66 bits per heavy atom. The van der Waals surface area contributed by atoms with Crippen LogP contribution in [0, 0.1) is 0 Å². The Morgan fingerprint density at radius 3 is 2.28 bits per heavy atom. The number of hydrogen-bond acceptors (Lipinski definition) is 5. The van der Waals surface area contributed by atoms with Gasteiger partial charge in [0.1, 0.15) is 23.1 Å². The molecule has 0 fully saturated rings. The minimum atomic E-state index is -0.251. The van der Waals surface area contributed by atoms with E-state index in [1.807, 2.05) is 20.8 Å². The van der Waals surface area contributed by atoms with Gasteiger partial charge >= 0.3 is 0 Å². The highest BCUT2D eigenvalue weighted by Gasteiger charge is 2.11. The highest BCUT2D eigenvalue weighted by atomic mass is 35.5. The Labute approximate surface area is 192 Å². The van der Waals surface area contributed by atoms with Crippen LogP contribution in [0.15, 0.2) is 35.2 Å². The summed E-state index contributed by atoms with van der Waals surface area (Å²) in [6, 6.07) is 3.27. The maximum absolute atomic E-state index is 6.23. The zero-order chi connectivity index (χ0) is 21.7. The van der Waals surface area contributed by atoms with Crippen LogP contribution in [0.1, 0.15) is 40.0 Å². The van der Waals surface area contributed by atoms with Crippen LogP contribution in [0.2, 0.25) is 10.0 Å². The topological polar surface area (TPSA) is 49.0 Å². The molecule has 1 N–H and O–H groups in total. The van der Waals surface area contributed by atoms with Crippen LogP contribution in [0.4, 0.5) is 0 Å². The summed E-state index contributed by atoms with van der Waals surface area (Å²) >= 11 is 23.5. The molecule has 0 bridgehead atoms.